The first-order chi connectivity index (χ1) is 9.81. The highest BCUT2D eigenvalue weighted by molar-refractivity contribution is 5.91. The zero-order valence-electron chi connectivity index (χ0n) is 11.0. The molecule has 1 amide bonds. The molecule has 0 atom stereocenters. The first kappa shape index (κ1) is 13.0. The largest absolute Gasteiger partial charge is 0.454 e. The molecule has 0 aliphatic carbocycles. The summed E-state index contributed by atoms with van der Waals surface area (Å²) in [6.07, 6.45) is 3.25. The third kappa shape index (κ3) is 3.09. The minimum absolute atomic E-state index is 0.149. The van der Waals surface area contributed by atoms with E-state index in [0.29, 0.717) is 32.1 Å². The molecule has 0 aromatic heterocycles. The van der Waals surface area contributed by atoms with Crippen molar-refractivity contribution in [2.75, 3.05) is 33.1 Å². The van der Waals surface area contributed by atoms with Crippen LogP contribution >= 0.6 is 0 Å². The van der Waals surface area contributed by atoms with E-state index >= 15 is 0 Å². The number of morpholine rings is 1. The lowest BCUT2D eigenvalue weighted by atomic mass is 10.2. The Kier molecular flexibility index (Phi) is 3.85. The van der Waals surface area contributed by atoms with Gasteiger partial charge in [-0.1, -0.05) is 6.07 Å². The van der Waals surface area contributed by atoms with E-state index in [0.717, 1.165) is 11.3 Å². The van der Waals surface area contributed by atoms with Crippen LogP contribution in [0.15, 0.2) is 24.3 Å². The average Bonchev–Trinajstić information content (AvgIpc) is 2.93. The number of carbonyl (C=O) groups is 1. The van der Waals surface area contributed by atoms with Gasteiger partial charge in [-0.3, -0.25) is 10.2 Å². The van der Waals surface area contributed by atoms with Gasteiger partial charge in [0, 0.05) is 19.2 Å². The van der Waals surface area contributed by atoms with Crippen LogP contribution in [-0.2, 0) is 9.53 Å². The van der Waals surface area contributed by atoms with Gasteiger partial charge in [-0.25, -0.2) is 5.01 Å². The number of amides is 1. The number of hydrazine groups is 1. The van der Waals surface area contributed by atoms with E-state index in [-0.39, 0.29) is 12.7 Å². The summed E-state index contributed by atoms with van der Waals surface area (Å²) in [6.45, 7) is 2.96. The van der Waals surface area contributed by atoms with Crippen molar-refractivity contribution >= 4 is 12.0 Å². The van der Waals surface area contributed by atoms with Gasteiger partial charge in [0.15, 0.2) is 11.5 Å². The number of rotatable bonds is 3. The summed E-state index contributed by atoms with van der Waals surface area (Å²) < 4.78 is 15.7. The van der Waals surface area contributed by atoms with Gasteiger partial charge in [-0.2, -0.15) is 0 Å². The molecule has 2 aliphatic heterocycles. The maximum atomic E-state index is 11.8. The Morgan fingerprint density at radius 1 is 1.20 bits per heavy atom. The van der Waals surface area contributed by atoms with E-state index in [1.807, 2.05) is 23.2 Å². The standard InChI is InChI=1S/C14H16N2O4/c17-14(15-16-5-7-18-8-6-16)4-2-11-1-3-12-13(9-11)20-10-19-12/h1-4,9H,5-8,10H2,(H,15,17)/b4-2+. The minimum Gasteiger partial charge on any atom is -0.454 e. The van der Waals surface area contributed by atoms with Crippen molar-refractivity contribution in [2.24, 2.45) is 0 Å². The molecule has 1 aromatic carbocycles. The normalized spacial score (nSPS) is 18.4. The number of ether oxygens (including phenoxy) is 3. The summed E-state index contributed by atoms with van der Waals surface area (Å²) in [7, 11) is 0. The predicted molar refractivity (Wildman–Crippen MR) is 72.1 cm³/mol. The molecule has 6 heteroatoms. The number of carbonyl (C=O) groups excluding carboxylic acids is 1. The molecule has 1 N–H and O–H groups in total. The molecule has 20 heavy (non-hydrogen) atoms. The van der Waals surface area contributed by atoms with Crippen molar-refractivity contribution in [3.63, 3.8) is 0 Å². The van der Waals surface area contributed by atoms with Gasteiger partial charge in [0.25, 0.3) is 5.91 Å². The van der Waals surface area contributed by atoms with Gasteiger partial charge >= 0.3 is 0 Å². The molecule has 0 saturated carbocycles. The highest BCUT2D eigenvalue weighted by Gasteiger charge is 2.13. The van der Waals surface area contributed by atoms with Gasteiger partial charge in [-0.05, 0) is 23.8 Å². The topological polar surface area (TPSA) is 60.0 Å². The van der Waals surface area contributed by atoms with E-state index in [1.165, 1.54) is 6.08 Å². The van der Waals surface area contributed by atoms with E-state index < -0.39 is 0 Å². The van der Waals surface area contributed by atoms with Crippen molar-refractivity contribution in [3.05, 3.63) is 29.8 Å². The van der Waals surface area contributed by atoms with Gasteiger partial charge in [0.1, 0.15) is 0 Å². The molecule has 1 aromatic rings. The Bertz CT molecular complexity index is 524. The van der Waals surface area contributed by atoms with Crippen molar-refractivity contribution < 1.29 is 19.0 Å². The number of fused-ring (bicyclic) bond motifs is 1. The third-order valence-electron chi connectivity index (χ3n) is 3.10. The predicted octanol–water partition coefficient (Wildman–Crippen LogP) is 0.792. The molecule has 2 heterocycles. The van der Waals surface area contributed by atoms with E-state index in [2.05, 4.69) is 5.43 Å². The van der Waals surface area contributed by atoms with Crippen molar-refractivity contribution in [3.8, 4) is 11.5 Å². The Morgan fingerprint density at radius 3 is 2.85 bits per heavy atom. The molecule has 0 unspecified atom stereocenters. The zero-order valence-corrected chi connectivity index (χ0v) is 11.0. The van der Waals surface area contributed by atoms with Crippen LogP contribution in [0, 0.1) is 0 Å². The fourth-order valence-corrected chi connectivity index (χ4v) is 2.06. The third-order valence-corrected chi connectivity index (χ3v) is 3.10. The molecule has 3 rings (SSSR count). The van der Waals surface area contributed by atoms with Crippen LogP contribution in [0.3, 0.4) is 0 Å². The number of nitrogens with one attached hydrogen (secondary N) is 1. The number of benzene rings is 1. The highest BCUT2D eigenvalue weighted by Crippen LogP contribution is 2.32. The summed E-state index contributed by atoms with van der Waals surface area (Å²) in [6, 6.07) is 5.56. The summed E-state index contributed by atoms with van der Waals surface area (Å²) in [4.78, 5) is 11.8. The molecule has 2 aliphatic rings. The number of hydrogen-bond donors (Lipinski definition) is 1. The fraction of sp³-hybridized carbons (Fsp3) is 0.357. The maximum absolute atomic E-state index is 11.8. The van der Waals surface area contributed by atoms with Gasteiger partial charge in [0.2, 0.25) is 6.79 Å². The zero-order chi connectivity index (χ0) is 13.8. The van der Waals surface area contributed by atoms with Crippen LogP contribution < -0.4 is 14.9 Å². The number of nitrogens with zero attached hydrogens (tertiary/aromatic N) is 1. The Hall–Kier alpha value is -2.05. The molecular formula is C14H16N2O4. The molecule has 0 bridgehead atoms. The maximum Gasteiger partial charge on any atom is 0.258 e. The smallest absolute Gasteiger partial charge is 0.258 e. The van der Waals surface area contributed by atoms with Gasteiger partial charge in [0.05, 0.1) is 13.2 Å². The Morgan fingerprint density at radius 2 is 2.00 bits per heavy atom. The molecule has 1 fully saturated rings. The molecular weight excluding hydrogens is 260 g/mol. The first-order valence-electron chi connectivity index (χ1n) is 6.52. The SMILES string of the molecule is O=C(/C=C/c1ccc2c(c1)OCO2)NN1CCOCC1. The molecule has 6 nitrogen and oxygen atoms in total. The van der Waals surface area contributed by atoms with Crippen LogP contribution in [0.25, 0.3) is 6.08 Å². The van der Waals surface area contributed by atoms with Crippen molar-refractivity contribution in [2.45, 2.75) is 0 Å². The average molecular weight is 276 g/mol. The quantitative estimate of drug-likeness (QED) is 0.827. The van der Waals surface area contributed by atoms with Crippen molar-refractivity contribution in [1.82, 2.24) is 10.4 Å². The second kappa shape index (κ2) is 5.94. The summed E-state index contributed by atoms with van der Waals surface area (Å²) in [5.74, 6) is 1.30. The van der Waals surface area contributed by atoms with Gasteiger partial charge in [-0.15, -0.1) is 0 Å². The summed E-state index contributed by atoms with van der Waals surface area (Å²) >= 11 is 0. The second-order valence-corrected chi connectivity index (χ2v) is 4.52. The lowest BCUT2D eigenvalue weighted by Crippen LogP contribution is -2.47. The second-order valence-electron chi connectivity index (χ2n) is 4.52. The van der Waals surface area contributed by atoms with Crippen LogP contribution in [0.1, 0.15) is 5.56 Å². The van der Waals surface area contributed by atoms with Crippen LogP contribution in [-0.4, -0.2) is 44.0 Å². The molecule has 1 saturated heterocycles. The van der Waals surface area contributed by atoms with E-state index in [1.54, 1.807) is 6.08 Å². The van der Waals surface area contributed by atoms with Crippen LogP contribution in [0.2, 0.25) is 0 Å². The number of hydrogen-bond acceptors (Lipinski definition) is 5. The molecule has 0 spiro atoms. The molecule has 106 valence electrons. The first-order valence-corrected chi connectivity index (χ1v) is 6.52. The fourth-order valence-electron chi connectivity index (χ4n) is 2.06. The summed E-state index contributed by atoms with van der Waals surface area (Å²) in [5.41, 5.74) is 3.71. The van der Waals surface area contributed by atoms with Crippen LogP contribution in [0.5, 0.6) is 11.5 Å². The Balaban J connectivity index is 1.57. The van der Waals surface area contributed by atoms with E-state index in [4.69, 9.17) is 14.2 Å². The lowest BCUT2D eigenvalue weighted by Gasteiger charge is -2.26. The van der Waals surface area contributed by atoms with Crippen LogP contribution in [0.4, 0.5) is 0 Å². The molecule has 0 radical (unpaired) electrons. The summed E-state index contributed by atoms with van der Waals surface area (Å²) in [5, 5.41) is 1.86. The van der Waals surface area contributed by atoms with E-state index in [9.17, 15) is 4.79 Å². The van der Waals surface area contributed by atoms with Crippen molar-refractivity contribution in [1.29, 1.82) is 0 Å². The van der Waals surface area contributed by atoms with Gasteiger partial charge < -0.3 is 14.2 Å². The minimum atomic E-state index is -0.149. The lowest BCUT2D eigenvalue weighted by molar-refractivity contribution is -0.123. The highest BCUT2D eigenvalue weighted by atomic mass is 16.7. The monoisotopic (exact) mass is 276 g/mol. The Labute approximate surface area is 116 Å².